The molecule has 3 unspecified atom stereocenters. The molecule has 0 aromatic carbocycles. The summed E-state index contributed by atoms with van der Waals surface area (Å²) in [4.78, 5) is 24.9. The molecule has 4 nitrogen and oxygen atoms in total. The quantitative estimate of drug-likeness (QED) is 0.280. The average molecular weight is 353 g/mol. The van der Waals surface area contributed by atoms with E-state index >= 15 is 0 Å². The Morgan fingerprint density at radius 2 is 1.44 bits per heavy atom. The third-order valence-corrected chi connectivity index (χ3v) is 4.89. The summed E-state index contributed by atoms with van der Waals surface area (Å²) < 4.78 is 10.9. The van der Waals surface area contributed by atoms with Crippen LogP contribution in [0.4, 0.5) is 0 Å². The summed E-state index contributed by atoms with van der Waals surface area (Å²) in [5.74, 6) is -1.31. The Bertz CT molecular complexity index is 416. The molecule has 3 atom stereocenters. The normalized spacial score (nSPS) is 22.6. The Hall–Kier alpha value is -1.32. The molecule has 1 aliphatic rings. The second-order valence-electron chi connectivity index (χ2n) is 7.11. The number of esters is 2. The molecule has 0 N–H and O–H groups in total. The van der Waals surface area contributed by atoms with Gasteiger partial charge in [-0.1, -0.05) is 71.4 Å². The van der Waals surface area contributed by atoms with Crippen LogP contribution in [-0.2, 0) is 19.1 Å². The van der Waals surface area contributed by atoms with E-state index in [2.05, 4.69) is 13.8 Å². The summed E-state index contributed by atoms with van der Waals surface area (Å²) in [6.45, 7) is 7.18. The highest BCUT2D eigenvalue weighted by Crippen LogP contribution is 2.32. The van der Waals surface area contributed by atoms with Crippen molar-refractivity contribution in [3.63, 3.8) is 0 Å². The summed E-state index contributed by atoms with van der Waals surface area (Å²) in [6, 6.07) is 0. The topological polar surface area (TPSA) is 52.6 Å². The van der Waals surface area contributed by atoms with Crippen molar-refractivity contribution in [1.82, 2.24) is 0 Å². The highest BCUT2D eigenvalue weighted by atomic mass is 16.5. The monoisotopic (exact) mass is 352 g/mol. The van der Waals surface area contributed by atoms with Crippen LogP contribution in [-0.4, -0.2) is 25.2 Å². The maximum atomic E-state index is 12.5. The van der Waals surface area contributed by atoms with E-state index in [-0.39, 0.29) is 17.9 Å². The molecule has 1 aliphatic carbocycles. The van der Waals surface area contributed by atoms with Gasteiger partial charge >= 0.3 is 11.9 Å². The summed E-state index contributed by atoms with van der Waals surface area (Å²) in [7, 11) is 0. The van der Waals surface area contributed by atoms with Gasteiger partial charge in [-0.2, -0.15) is 0 Å². The van der Waals surface area contributed by atoms with Gasteiger partial charge in [-0.15, -0.1) is 0 Å². The van der Waals surface area contributed by atoms with Gasteiger partial charge in [0.25, 0.3) is 0 Å². The second-order valence-corrected chi connectivity index (χ2v) is 7.11. The first-order valence-corrected chi connectivity index (χ1v) is 10.1. The van der Waals surface area contributed by atoms with E-state index in [1.165, 1.54) is 0 Å². The van der Waals surface area contributed by atoms with Crippen molar-refractivity contribution in [2.75, 3.05) is 13.2 Å². The molecule has 0 radical (unpaired) electrons. The minimum atomic E-state index is -0.417. The Morgan fingerprint density at radius 3 is 2.00 bits per heavy atom. The molecule has 0 aromatic heterocycles. The number of hydrogen-bond acceptors (Lipinski definition) is 4. The molecule has 0 spiro atoms. The molecule has 0 fully saturated rings. The predicted molar refractivity (Wildman–Crippen MR) is 100 cm³/mol. The minimum Gasteiger partial charge on any atom is -0.465 e. The number of hydrogen-bond donors (Lipinski definition) is 0. The van der Waals surface area contributed by atoms with Gasteiger partial charge in [-0.3, -0.25) is 9.59 Å². The molecule has 0 saturated carbocycles. The number of rotatable bonds is 12. The zero-order valence-electron chi connectivity index (χ0n) is 16.3. The first-order valence-electron chi connectivity index (χ1n) is 10.1. The van der Waals surface area contributed by atoms with Crippen molar-refractivity contribution in [2.45, 2.75) is 78.6 Å². The van der Waals surface area contributed by atoms with Crippen LogP contribution in [0.1, 0.15) is 78.6 Å². The van der Waals surface area contributed by atoms with Crippen LogP contribution in [0.2, 0.25) is 0 Å². The largest absolute Gasteiger partial charge is 0.465 e. The number of allylic oxidation sites excluding steroid dienone is 2. The summed E-state index contributed by atoms with van der Waals surface area (Å²) in [5.41, 5.74) is 0. The van der Waals surface area contributed by atoms with Crippen LogP contribution < -0.4 is 0 Å². The lowest BCUT2D eigenvalue weighted by atomic mass is 9.76. The fraction of sp³-hybridized carbons (Fsp3) is 0.810. The summed E-state index contributed by atoms with van der Waals surface area (Å²) in [6.07, 6.45) is 13.1. The molecule has 4 heteroatoms. The number of ether oxygens (including phenoxy) is 2. The van der Waals surface area contributed by atoms with E-state index in [1.807, 2.05) is 19.1 Å². The highest BCUT2D eigenvalue weighted by Gasteiger charge is 2.40. The first kappa shape index (κ1) is 21.7. The third kappa shape index (κ3) is 8.06. The zero-order valence-corrected chi connectivity index (χ0v) is 16.3. The fourth-order valence-electron chi connectivity index (χ4n) is 3.30. The van der Waals surface area contributed by atoms with Gasteiger partial charge in [0.1, 0.15) is 0 Å². The molecule has 25 heavy (non-hydrogen) atoms. The van der Waals surface area contributed by atoms with Crippen LogP contribution in [0.5, 0.6) is 0 Å². The van der Waals surface area contributed by atoms with E-state index in [0.717, 1.165) is 51.4 Å². The van der Waals surface area contributed by atoms with E-state index in [0.29, 0.717) is 19.6 Å². The van der Waals surface area contributed by atoms with E-state index in [9.17, 15) is 9.59 Å². The molecule has 0 bridgehead atoms. The SMILES string of the molecule is CCCCCCOC(=O)C1CC=CC(C)C1C(=O)OCCCCCC. The van der Waals surface area contributed by atoms with Crippen molar-refractivity contribution in [3.05, 3.63) is 12.2 Å². The van der Waals surface area contributed by atoms with Gasteiger partial charge in [0.15, 0.2) is 0 Å². The Balaban J connectivity index is 2.47. The van der Waals surface area contributed by atoms with Crippen LogP contribution in [0, 0.1) is 17.8 Å². The lowest BCUT2D eigenvalue weighted by Crippen LogP contribution is -2.38. The second kappa shape index (κ2) is 13.0. The maximum Gasteiger partial charge on any atom is 0.310 e. The number of carbonyl (C=O) groups excluding carboxylic acids is 2. The maximum absolute atomic E-state index is 12.5. The Labute approximate surface area is 153 Å². The minimum absolute atomic E-state index is 0.00883. The van der Waals surface area contributed by atoms with Gasteiger partial charge in [0, 0.05) is 0 Å². The lowest BCUT2D eigenvalue weighted by Gasteiger charge is -2.30. The lowest BCUT2D eigenvalue weighted by molar-refractivity contribution is -0.162. The first-order chi connectivity index (χ1) is 12.1. The molecule has 1 rings (SSSR count). The van der Waals surface area contributed by atoms with E-state index < -0.39 is 11.8 Å². The average Bonchev–Trinajstić information content (AvgIpc) is 2.60. The molecular formula is C21H36O4. The van der Waals surface area contributed by atoms with Gasteiger partial charge in [-0.25, -0.2) is 0 Å². The summed E-state index contributed by atoms with van der Waals surface area (Å²) >= 11 is 0. The molecule has 0 aliphatic heterocycles. The van der Waals surface area contributed by atoms with Gasteiger partial charge < -0.3 is 9.47 Å². The van der Waals surface area contributed by atoms with Gasteiger partial charge in [0.2, 0.25) is 0 Å². The van der Waals surface area contributed by atoms with E-state index in [4.69, 9.17) is 9.47 Å². The molecule has 0 saturated heterocycles. The van der Waals surface area contributed by atoms with Crippen molar-refractivity contribution < 1.29 is 19.1 Å². The Kier molecular flexibility index (Phi) is 11.3. The smallest absolute Gasteiger partial charge is 0.310 e. The molecule has 0 amide bonds. The highest BCUT2D eigenvalue weighted by molar-refractivity contribution is 5.83. The van der Waals surface area contributed by atoms with Gasteiger partial charge in [-0.05, 0) is 25.2 Å². The number of unbranched alkanes of at least 4 members (excludes halogenated alkanes) is 6. The van der Waals surface area contributed by atoms with Crippen molar-refractivity contribution in [1.29, 1.82) is 0 Å². The van der Waals surface area contributed by atoms with Crippen molar-refractivity contribution in [3.8, 4) is 0 Å². The zero-order chi connectivity index (χ0) is 18.5. The standard InChI is InChI=1S/C21H36O4/c1-4-6-8-10-15-24-20(22)18-14-12-13-17(3)19(18)21(23)25-16-11-9-7-5-2/h12-13,17-19H,4-11,14-16H2,1-3H3. The summed E-state index contributed by atoms with van der Waals surface area (Å²) in [5, 5.41) is 0. The van der Waals surface area contributed by atoms with Crippen LogP contribution in [0.3, 0.4) is 0 Å². The van der Waals surface area contributed by atoms with Gasteiger partial charge in [0.05, 0.1) is 25.0 Å². The molecule has 0 aromatic rings. The van der Waals surface area contributed by atoms with Crippen LogP contribution in [0.15, 0.2) is 12.2 Å². The Morgan fingerprint density at radius 1 is 0.880 bits per heavy atom. The van der Waals surface area contributed by atoms with Crippen molar-refractivity contribution in [2.24, 2.45) is 17.8 Å². The van der Waals surface area contributed by atoms with E-state index in [1.54, 1.807) is 0 Å². The van der Waals surface area contributed by atoms with Crippen molar-refractivity contribution >= 4 is 11.9 Å². The molecular weight excluding hydrogens is 316 g/mol. The molecule has 144 valence electrons. The predicted octanol–water partition coefficient (Wildman–Crippen LogP) is 5.06. The molecule has 0 heterocycles. The fourth-order valence-corrected chi connectivity index (χ4v) is 3.30. The van der Waals surface area contributed by atoms with Crippen LogP contribution in [0.25, 0.3) is 0 Å². The third-order valence-electron chi connectivity index (χ3n) is 4.89. The van der Waals surface area contributed by atoms with Crippen LogP contribution >= 0.6 is 0 Å². The number of carbonyl (C=O) groups is 2.